The molecule has 0 atom stereocenters. The van der Waals surface area contributed by atoms with E-state index in [9.17, 15) is 4.79 Å². The van der Waals surface area contributed by atoms with Crippen molar-refractivity contribution < 1.29 is 9.53 Å². The summed E-state index contributed by atoms with van der Waals surface area (Å²) in [5.74, 6) is 0.609. The van der Waals surface area contributed by atoms with Crippen LogP contribution < -0.4 is 9.64 Å². The minimum Gasteiger partial charge on any atom is -0.488 e. The fourth-order valence-electron chi connectivity index (χ4n) is 2.18. The number of anilines is 1. The van der Waals surface area contributed by atoms with Gasteiger partial charge in [0, 0.05) is 42.8 Å². The van der Waals surface area contributed by atoms with Crippen molar-refractivity contribution >= 4 is 12.0 Å². The normalized spacial score (nSPS) is 10.2. The van der Waals surface area contributed by atoms with Gasteiger partial charge in [0.2, 0.25) is 0 Å². The van der Waals surface area contributed by atoms with Crippen molar-refractivity contribution in [1.29, 1.82) is 0 Å². The number of benzene rings is 1. The lowest BCUT2D eigenvalue weighted by Crippen LogP contribution is -2.21. The molecule has 1 aromatic carbocycles. The summed E-state index contributed by atoms with van der Waals surface area (Å²) in [6, 6.07) is 9.49. The Bertz CT molecular complexity index is 581. The summed E-state index contributed by atoms with van der Waals surface area (Å²) in [5, 5.41) is 0. The Kier molecular flexibility index (Phi) is 5.32. The number of carbonyl (C=O) groups excluding carboxylic acids is 1. The molecule has 0 unspecified atom stereocenters. The maximum absolute atomic E-state index is 11.2. The molecule has 0 saturated carbocycles. The second-order valence-corrected chi connectivity index (χ2v) is 4.66. The lowest BCUT2D eigenvalue weighted by atomic mass is 10.2. The molecule has 0 bridgehead atoms. The van der Waals surface area contributed by atoms with Crippen LogP contribution in [-0.4, -0.2) is 24.4 Å². The van der Waals surface area contributed by atoms with Crippen molar-refractivity contribution in [1.82, 2.24) is 4.98 Å². The zero-order chi connectivity index (χ0) is 15.1. The molecule has 0 spiro atoms. The second kappa shape index (κ2) is 7.43. The van der Waals surface area contributed by atoms with Gasteiger partial charge in [-0.3, -0.25) is 9.78 Å². The zero-order valence-corrected chi connectivity index (χ0v) is 12.5. The van der Waals surface area contributed by atoms with Gasteiger partial charge < -0.3 is 9.64 Å². The lowest BCUT2D eigenvalue weighted by molar-refractivity contribution is 0.111. The number of nitrogens with zero attached hydrogens (tertiary/aromatic N) is 2. The van der Waals surface area contributed by atoms with Gasteiger partial charge >= 0.3 is 0 Å². The first-order chi connectivity index (χ1) is 10.3. The minimum atomic E-state index is 0.399. The summed E-state index contributed by atoms with van der Waals surface area (Å²) in [7, 11) is 0. The van der Waals surface area contributed by atoms with E-state index in [0.717, 1.165) is 30.6 Å². The molecule has 0 radical (unpaired) electrons. The molecule has 21 heavy (non-hydrogen) atoms. The van der Waals surface area contributed by atoms with Crippen LogP contribution in [0.15, 0.2) is 42.7 Å². The quantitative estimate of drug-likeness (QED) is 0.731. The molecule has 0 aliphatic carbocycles. The molecule has 0 aliphatic heterocycles. The highest BCUT2D eigenvalue weighted by molar-refractivity contribution is 5.80. The van der Waals surface area contributed by atoms with Crippen LogP contribution in [0.25, 0.3) is 0 Å². The molecule has 1 heterocycles. The maximum atomic E-state index is 11.2. The Labute approximate surface area is 125 Å². The van der Waals surface area contributed by atoms with Gasteiger partial charge in [0.1, 0.15) is 12.4 Å². The SMILES string of the molecule is CCN(CC)c1ccc(C=O)c(OCc2cccnc2)c1. The molecule has 0 fully saturated rings. The number of hydrogen-bond donors (Lipinski definition) is 0. The lowest BCUT2D eigenvalue weighted by Gasteiger charge is -2.22. The van der Waals surface area contributed by atoms with Gasteiger partial charge in [-0.05, 0) is 32.0 Å². The highest BCUT2D eigenvalue weighted by Gasteiger charge is 2.08. The van der Waals surface area contributed by atoms with E-state index >= 15 is 0 Å². The highest BCUT2D eigenvalue weighted by atomic mass is 16.5. The molecular weight excluding hydrogens is 264 g/mol. The van der Waals surface area contributed by atoms with Gasteiger partial charge in [0.05, 0.1) is 5.56 Å². The van der Waals surface area contributed by atoms with Gasteiger partial charge in [-0.2, -0.15) is 0 Å². The number of aldehydes is 1. The van der Waals surface area contributed by atoms with Gasteiger partial charge in [0.15, 0.2) is 6.29 Å². The van der Waals surface area contributed by atoms with E-state index in [2.05, 4.69) is 23.7 Å². The van der Waals surface area contributed by atoms with Gasteiger partial charge in [-0.25, -0.2) is 0 Å². The third-order valence-electron chi connectivity index (χ3n) is 3.37. The van der Waals surface area contributed by atoms with E-state index in [1.54, 1.807) is 18.5 Å². The third-order valence-corrected chi connectivity index (χ3v) is 3.37. The summed E-state index contributed by atoms with van der Waals surface area (Å²) in [5.41, 5.74) is 2.60. The zero-order valence-electron chi connectivity index (χ0n) is 12.5. The van der Waals surface area contributed by atoms with Crippen molar-refractivity contribution in [3.8, 4) is 5.75 Å². The van der Waals surface area contributed by atoms with Gasteiger partial charge in [-0.1, -0.05) is 6.07 Å². The van der Waals surface area contributed by atoms with Crippen molar-refractivity contribution in [2.45, 2.75) is 20.5 Å². The molecule has 0 aliphatic rings. The average molecular weight is 284 g/mol. The summed E-state index contributed by atoms with van der Waals surface area (Å²) in [6.45, 7) is 6.44. The topological polar surface area (TPSA) is 42.4 Å². The number of pyridine rings is 1. The Morgan fingerprint density at radius 3 is 2.67 bits per heavy atom. The predicted octanol–water partition coefficient (Wildman–Crippen LogP) is 3.32. The molecule has 0 N–H and O–H groups in total. The van der Waals surface area contributed by atoms with Crippen LogP contribution in [0.1, 0.15) is 29.8 Å². The number of rotatable bonds is 7. The molecule has 4 nitrogen and oxygen atoms in total. The molecule has 0 amide bonds. The van der Waals surface area contributed by atoms with Crippen LogP contribution in [0.3, 0.4) is 0 Å². The maximum Gasteiger partial charge on any atom is 0.153 e. The van der Waals surface area contributed by atoms with Crippen molar-refractivity contribution in [2.24, 2.45) is 0 Å². The van der Waals surface area contributed by atoms with Crippen LogP contribution in [-0.2, 0) is 6.61 Å². The number of aromatic nitrogens is 1. The molecule has 0 saturated heterocycles. The molecular formula is C17H20N2O2. The van der Waals surface area contributed by atoms with Crippen molar-refractivity contribution in [3.63, 3.8) is 0 Å². The Morgan fingerprint density at radius 2 is 2.05 bits per heavy atom. The summed E-state index contributed by atoms with van der Waals surface area (Å²) >= 11 is 0. The fraction of sp³-hybridized carbons (Fsp3) is 0.294. The predicted molar refractivity (Wildman–Crippen MR) is 84.0 cm³/mol. The van der Waals surface area contributed by atoms with Crippen molar-refractivity contribution in [3.05, 3.63) is 53.9 Å². The van der Waals surface area contributed by atoms with E-state index < -0.39 is 0 Å². The van der Waals surface area contributed by atoms with E-state index in [1.165, 1.54) is 0 Å². The third kappa shape index (κ3) is 3.81. The Hall–Kier alpha value is -2.36. The number of ether oxygens (including phenoxy) is 1. The largest absolute Gasteiger partial charge is 0.488 e. The first-order valence-electron chi connectivity index (χ1n) is 7.14. The highest BCUT2D eigenvalue weighted by Crippen LogP contribution is 2.25. The first kappa shape index (κ1) is 15.0. The van der Waals surface area contributed by atoms with E-state index in [4.69, 9.17) is 4.74 Å². The average Bonchev–Trinajstić information content (AvgIpc) is 2.55. The second-order valence-electron chi connectivity index (χ2n) is 4.66. The van der Waals surface area contributed by atoms with Gasteiger partial charge in [-0.15, -0.1) is 0 Å². The van der Waals surface area contributed by atoms with E-state index in [-0.39, 0.29) is 0 Å². The smallest absolute Gasteiger partial charge is 0.153 e. The van der Waals surface area contributed by atoms with E-state index in [1.807, 2.05) is 24.3 Å². The standard InChI is InChI=1S/C17H20N2O2/c1-3-19(4-2)16-8-7-15(12-20)17(10-16)21-13-14-6-5-9-18-11-14/h5-12H,3-4,13H2,1-2H3. The molecule has 2 rings (SSSR count). The molecule has 4 heteroatoms. The summed E-state index contributed by atoms with van der Waals surface area (Å²) in [6.07, 6.45) is 4.31. The van der Waals surface area contributed by atoms with Crippen LogP contribution in [0.5, 0.6) is 5.75 Å². The van der Waals surface area contributed by atoms with Crippen LogP contribution in [0.2, 0.25) is 0 Å². The van der Waals surface area contributed by atoms with Crippen LogP contribution >= 0.6 is 0 Å². The summed E-state index contributed by atoms with van der Waals surface area (Å²) < 4.78 is 5.80. The molecule has 2 aromatic rings. The number of hydrogen-bond acceptors (Lipinski definition) is 4. The fourth-order valence-corrected chi connectivity index (χ4v) is 2.18. The molecule has 1 aromatic heterocycles. The Morgan fingerprint density at radius 1 is 1.24 bits per heavy atom. The number of carbonyl (C=O) groups is 1. The first-order valence-corrected chi connectivity index (χ1v) is 7.14. The van der Waals surface area contributed by atoms with Gasteiger partial charge in [0.25, 0.3) is 0 Å². The summed E-state index contributed by atoms with van der Waals surface area (Å²) in [4.78, 5) is 17.4. The van der Waals surface area contributed by atoms with E-state index in [0.29, 0.717) is 17.9 Å². The molecule has 110 valence electrons. The minimum absolute atomic E-state index is 0.399. The Balaban J connectivity index is 2.19. The van der Waals surface area contributed by atoms with Crippen LogP contribution in [0.4, 0.5) is 5.69 Å². The van der Waals surface area contributed by atoms with Crippen LogP contribution in [0, 0.1) is 0 Å². The van der Waals surface area contributed by atoms with Crippen molar-refractivity contribution in [2.75, 3.05) is 18.0 Å². The monoisotopic (exact) mass is 284 g/mol.